The van der Waals surface area contributed by atoms with Crippen molar-refractivity contribution in [2.45, 2.75) is 26.3 Å². The van der Waals surface area contributed by atoms with E-state index < -0.39 is 17.9 Å². The van der Waals surface area contributed by atoms with Crippen molar-refractivity contribution in [3.05, 3.63) is 0 Å². The van der Waals surface area contributed by atoms with Gasteiger partial charge in [-0.2, -0.15) is 0 Å². The monoisotopic (exact) mass is 242 g/mol. The largest absolute Gasteiger partial charge is 0.481 e. The van der Waals surface area contributed by atoms with Crippen molar-refractivity contribution in [1.82, 2.24) is 9.80 Å². The molecular formula is C11H18N2O4. The van der Waals surface area contributed by atoms with Crippen LogP contribution in [-0.4, -0.2) is 58.9 Å². The van der Waals surface area contributed by atoms with Gasteiger partial charge < -0.3 is 5.11 Å². The van der Waals surface area contributed by atoms with E-state index in [1.54, 1.807) is 25.8 Å². The predicted molar refractivity (Wildman–Crippen MR) is 60.2 cm³/mol. The maximum Gasteiger partial charge on any atom is 0.307 e. The van der Waals surface area contributed by atoms with E-state index in [2.05, 4.69) is 0 Å². The first-order chi connectivity index (χ1) is 7.88. The second-order valence-electron chi connectivity index (χ2n) is 4.38. The zero-order valence-corrected chi connectivity index (χ0v) is 10.3. The van der Waals surface area contributed by atoms with E-state index in [0.717, 1.165) is 0 Å². The average Bonchev–Trinajstić information content (AvgIpc) is 2.53. The van der Waals surface area contributed by atoms with Crippen LogP contribution in [-0.2, 0) is 14.4 Å². The van der Waals surface area contributed by atoms with Gasteiger partial charge in [0, 0.05) is 13.1 Å². The van der Waals surface area contributed by atoms with E-state index in [1.165, 1.54) is 4.90 Å². The molecule has 0 spiro atoms. The molecule has 17 heavy (non-hydrogen) atoms. The highest BCUT2D eigenvalue weighted by molar-refractivity contribution is 6.05. The van der Waals surface area contributed by atoms with Gasteiger partial charge in [0.15, 0.2) is 0 Å². The highest BCUT2D eigenvalue weighted by Crippen LogP contribution is 2.18. The molecular weight excluding hydrogens is 224 g/mol. The summed E-state index contributed by atoms with van der Waals surface area (Å²) >= 11 is 0. The van der Waals surface area contributed by atoms with Crippen molar-refractivity contribution >= 4 is 17.8 Å². The number of carbonyl (C=O) groups is 3. The highest BCUT2D eigenvalue weighted by atomic mass is 16.4. The fraction of sp³-hybridized carbons (Fsp3) is 0.727. The smallest absolute Gasteiger partial charge is 0.307 e. The van der Waals surface area contributed by atoms with Crippen molar-refractivity contribution in [3.8, 4) is 0 Å². The van der Waals surface area contributed by atoms with Crippen LogP contribution in [0.2, 0.25) is 0 Å². The van der Waals surface area contributed by atoms with Gasteiger partial charge in [-0.15, -0.1) is 0 Å². The molecule has 6 nitrogen and oxygen atoms in total. The Morgan fingerprint density at radius 2 is 2.18 bits per heavy atom. The minimum atomic E-state index is -0.902. The quantitative estimate of drug-likeness (QED) is 0.675. The van der Waals surface area contributed by atoms with E-state index in [0.29, 0.717) is 6.54 Å². The Morgan fingerprint density at radius 3 is 2.59 bits per heavy atom. The summed E-state index contributed by atoms with van der Waals surface area (Å²) in [7, 11) is 1.68. The van der Waals surface area contributed by atoms with E-state index in [1.807, 2.05) is 0 Å². The molecule has 1 aliphatic rings. The SMILES string of the molecule is CCN1C(=O)CC(N(C)CC(C)C(=O)O)C1=O. The second-order valence-corrected chi connectivity index (χ2v) is 4.38. The summed E-state index contributed by atoms with van der Waals surface area (Å²) in [5.41, 5.74) is 0. The maximum atomic E-state index is 11.9. The van der Waals surface area contributed by atoms with Gasteiger partial charge in [0.05, 0.1) is 18.4 Å². The van der Waals surface area contributed by atoms with Gasteiger partial charge in [-0.25, -0.2) is 0 Å². The third-order valence-electron chi connectivity index (χ3n) is 3.05. The third kappa shape index (κ3) is 2.82. The number of carboxylic acids is 1. The van der Waals surface area contributed by atoms with Crippen LogP contribution in [0.1, 0.15) is 20.3 Å². The second kappa shape index (κ2) is 5.27. The lowest BCUT2D eigenvalue weighted by Gasteiger charge is -2.24. The van der Waals surface area contributed by atoms with Crippen LogP contribution in [0.25, 0.3) is 0 Å². The fourth-order valence-corrected chi connectivity index (χ4v) is 1.98. The third-order valence-corrected chi connectivity index (χ3v) is 3.05. The van der Waals surface area contributed by atoms with Crippen molar-refractivity contribution in [2.24, 2.45) is 5.92 Å². The minimum Gasteiger partial charge on any atom is -0.481 e. The Balaban J connectivity index is 2.65. The molecule has 1 aliphatic heterocycles. The van der Waals surface area contributed by atoms with Crippen molar-refractivity contribution < 1.29 is 19.5 Å². The summed E-state index contributed by atoms with van der Waals surface area (Å²) in [6.45, 7) is 3.96. The van der Waals surface area contributed by atoms with Crippen LogP contribution in [0.5, 0.6) is 0 Å². The molecule has 2 atom stereocenters. The van der Waals surface area contributed by atoms with Crippen LogP contribution in [0, 0.1) is 5.92 Å². The summed E-state index contributed by atoms with van der Waals surface area (Å²) in [5, 5.41) is 8.80. The molecule has 0 radical (unpaired) electrons. The number of imide groups is 1. The van der Waals surface area contributed by atoms with Gasteiger partial charge in [0.25, 0.3) is 0 Å². The molecule has 2 unspecified atom stereocenters. The Kier molecular flexibility index (Phi) is 4.22. The zero-order chi connectivity index (χ0) is 13.2. The topological polar surface area (TPSA) is 77.9 Å². The first kappa shape index (κ1) is 13.6. The molecule has 6 heteroatoms. The molecule has 0 aromatic carbocycles. The molecule has 1 fully saturated rings. The summed E-state index contributed by atoms with van der Waals surface area (Å²) < 4.78 is 0. The Morgan fingerprint density at radius 1 is 1.59 bits per heavy atom. The number of likely N-dealkylation sites (tertiary alicyclic amines) is 1. The van der Waals surface area contributed by atoms with Crippen LogP contribution in [0.15, 0.2) is 0 Å². The molecule has 96 valence electrons. The Labute approximate surface area is 100 Å². The summed E-state index contributed by atoms with van der Waals surface area (Å²) in [4.78, 5) is 37.0. The van der Waals surface area contributed by atoms with Crippen LogP contribution >= 0.6 is 0 Å². The van der Waals surface area contributed by atoms with Gasteiger partial charge in [-0.1, -0.05) is 6.92 Å². The van der Waals surface area contributed by atoms with Gasteiger partial charge in [0.2, 0.25) is 11.8 Å². The number of carbonyl (C=O) groups excluding carboxylic acids is 2. The first-order valence-corrected chi connectivity index (χ1v) is 5.65. The van der Waals surface area contributed by atoms with Crippen molar-refractivity contribution in [3.63, 3.8) is 0 Å². The predicted octanol–water partition coefficient (Wildman–Crippen LogP) is -0.214. The van der Waals surface area contributed by atoms with E-state index >= 15 is 0 Å². The lowest BCUT2D eigenvalue weighted by molar-refractivity contribution is -0.143. The van der Waals surface area contributed by atoms with E-state index in [4.69, 9.17) is 5.11 Å². The molecule has 0 aromatic rings. The Hall–Kier alpha value is -1.43. The molecule has 1 N–H and O–H groups in total. The van der Waals surface area contributed by atoms with Gasteiger partial charge >= 0.3 is 5.97 Å². The number of likely N-dealkylation sites (N-methyl/N-ethyl adjacent to an activating group) is 2. The van der Waals surface area contributed by atoms with E-state index in [-0.39, 0.29) is 24.8 Å². The normalized spacial score (nSPS) is 22.4. The van der Waals surface area contributed by atoms with Gasteiger partial charge in [-0.3, -0.25) is 24.2 Å². The molecule has 2 amide bonds. The molecule has 0 aliphatic carbocycles. The maximum absolute atomic E-state index is 11.9. The standard InChI is InChI=1S/C11H18N2O4/c1-4-13-9(14)5-8(10(13)15)12(3)6-7(2)11(16)17/h7-8H,4-6H2,1-3H3,(H,16,17). The number of aliphatic carboxylic acids is 1. The number of carboxylic acid groups (broad SMARTS) is 1. The first-order valence-electron chi connectivity index (χ1n) is 5.65. The minimum absolute atomic E-state index is 0.148. The summed E-state index contributed by atoms with van der Waals surface area (Å²) in [5.74, 6) is -1.87. The Bertz CT molecular complexity index is 342. The molecule has 1 saturated heterocycles. The van der Waals surface area contributed by atoms with Crippen LogP contribution < -0.4 is 0 Å². The zero-order valence-electron chi connectivity index (χ0n) is 10.3. The lowest BCUT2D eigenvalue weighted by atomic mass is 10.1. The molecule has 0 aromatic heterocycles. The molecule has 1 heterocycles. The van der Waals surface area contributed by atoms with Crippen molar-refractivity contribution in [1.29, 1.82) is 0 Å². The van der Waals surface area contributed by atoms with E-state index in [9.17, 15) is 14.4 Å². The summed E-state index contributed by atoms with van der Waals surface area (Å²) in [6.07, 6.45) is 0.148. The highest BCUT2D eigenvalue weighted by Gasteiger charge is 2.40. The number of amides is 2. The number of hydrogen-bond donors (Lipinski definition) is 1. The van der Waals surface area contributed by atoms with Gasteiger partial charge in [-0.05, 0) is 14.0 Å². The number of rotatable bonds is 5. The molecule has 0 saturated carbocycles. The molecule has 1 rings (SSSR count). The average molecular weight is 242 g/mol. The summed E-state index contributed by atoms with van der Waals surface area (Å²) in [6, 6.07) is -0.510. The van der Waals surface area contributed by atoms with Crippen molar-refractivity contribution in [2.75, 3.05) is 20.1 Å². The van der Waals surface area contributed by atoms with Crippen LogP contribution in [0.4, 0.5) is 0 Å². The molecule has 0 bridgehead atoms. The fourth-order valence-electron chi connectivity index (χ4n) is 1.98. The number of nitrogens with zero attached hydrogens (tertiary/aromatic N) is 2. The van der Waals surface area contributed by atoms with Gasteiger partial charge in [0.1, 0.15) is 0 Å². The number of hydrogen-bond acceptors (Lipinski definition) is 4. The van der Waals surface area contributed by atoms with Crippen LogP contribution in [0.3, 0.4) is 0 Å². The lowest BCUT2D eigenvalue weighted by Crippen LogP contribution is -2.42.